The minimum Gasteiger partial charge on any atom is -0.545 e. The molecule has 0 saturated heterocycles. The van der Waals surface area contributed by atoms with Gasteiger partial charge in [-0.05, 0) is 0 Å². The van der Waals surface area contributed by atoms with Crippen LogP contribution in [0.25, 0.3) is 0 Å². The third-order valence-corrected chi connectivity index (χ3v) is 1.28. The van der Waals surface area contributed by atoms with Gasteiger partial charge in [0.05, 0.1) is 5.97 Å². The molecule has 0 aliphatic rings. The highest BCUT2D eigenvalue weighted by Gasteiger charge is 2.17. The first-order valence-corrected chi connectivity index (χ1v) is 3.05. The van der Waals surface area contributed by atoms with Gasteiger partial charge in [-0.1, -0.05) is 0 Å². The van der Waals surface area contributed by atoms with E-state index in [1.54, 1.807) is 0 Å². The van der Waals surface area contributed by atoms with Crippen LogP contribution in [0.5, 0.6) is 0 Å². The summed E-state index contributed by atoms with van der Waals surface area (Å²) >= 11 is 0. The summed E-state index contributed by atoms with van der Waals surface area (Å²) in [5.41, 5.74) is -1.31. The number of halogens is 2. The van der Waals surface area contributed by atoms with Crippen molar-refractivity contribution >= 4 is 5.97 Å². The maximum atomic E-state index is 12.0. The van der Waals surface area contributed by atoms with Gasteiger partial charge in [-0.2, -0.15) is 5.10 Å². The second kappa shape index (κ2) is 2.88. The van der Waals surface area contributed by atoms with Crippen LogP contribution in [-0.2, 0) is 7.05 Å². The molecule has 0 unspecified atom stereocenters. The Morgan fingerprint density at radius 1 is 1.75 bits per heavy atom. The van der Waals surface area contributed by atoms with Gasteiger partial charge in [0.25, 0.3) is 6.43 Å². The van der Waals surface area contributed by atoms with Crippen LogP contribution in [0, 0.1) is 0 Å². The first kappa shape index (κ1) is 8.63. The largest absolute Gasteiger partial charge is 0.545 e. The number of carboxylic acid groups (broad SMARTS) is 1. The van der Waals surface area contributed by atoms with Crippen molar-refractivity contribution < 1.29 is 18.7 Å². The van der Waals surface area contributed by atoms with Crippen LogP contribution in [0.1, 0.15) is 22.5 Å². The molecule has 0 aromatic carbocycles. The predicted molar refractivity (Wildman–Crippen MR) is 32.5 cm³/mol. The molecule has 0 radical (unpaired) electrons. The Morgan fingerprint density at radius 3 is 2.67 bits per heavy atom. The summed E-state index contributed by atoms with van der Waals surface area (Å²) in [7, 11) is 1.36. The number of aryl methyl sites for hydroxylation is 1. The van der Waals surface area contributed by atoms with Crippen molar-refractivity contribution in [1.29, 1.82) is 0 Å². The van der Waals surface area contributed by atoms with Crippen molar-refractivity contribution in [2.24, 2.45) is 7.05 Å². The molecule has 0 amide bonds. The molecule has 12 heavy (non-hydrogen) atoms. The van der Waals surface area contributed by atoms with E-state index in [1.807, 2.05) is 0 Å². The van der Waals surface area contributed by atoms with Gasteiger partial charge in [-0.15, -0.1) is 0 Å². The molecule has 66 valence electrons. The Labute approximate surface area is 66.4 Å². The summed E-state index contributed by atoms with van der Waals surface area (Å²) in [5.74, 6) is -1.64. The van der Waals surface area contributed by atoms with Gasteiger partial charge >= 0.3 is 0 Å². The van der Waals surface area contributed by atoms with Crippen molar-refractivity contribution in [2.45, 2.75) is 6.43 Å². The van der Waals surface area contributed by atoms with E-state index in [9.17, 15) is 18.7 Å². The molecule has 4 nitrogen and oxygen atoms in total. The summed E-state index contributed by atoms with van der Waals surface area (Å²) < 4.78 is 25.1. The van der Waals surface area contributed by atoms with E-state index >= 15 is 0 Å². The van der Waals surface area contributed by atoms with Crippen LogP contribution in [0.4, 0.5) is 8.78 Å². The van der Waals surface area contributed by atoms with Crippen LogP contribution in [0.3, 0.4) is 0 Å². The molecule has 0 aliphatic carbocycles. The molecule has 1 aromatic heterocycles. The van der Waals surface area contributed by atoms with Crippen LogP contribution in [-0.4, -0.2) is 15.7 Å². The first-order valence-electron chi connectivity index (χ1n) is 3.05. The zero-order valence-electron chi connectivity index (χ0n) is 6.12. The van der Waals surface area contributed by atoms with Crippen molar-refractivity contribution in [2.75, 3.05) is 0 Å². The fourth-order valence-electron chi connectivity index (χ4n) is 0.824. The molecule has 6 heteroatoms. The summed E-state index contributed by atoms with van der Waals surface area (Å²) in [6.45, 7) is 0. The van der Waals surface area contributed by atoms with E-state index in [0.29, 0.717) is 0 Å². The molecule has 1 aromatic rings. The van der Waals surface area contributed by atoms with E-state index < -0.39 is 23.7 Å². The topological polar surface area (TPSA) is 58.0 Å². The average molecular weight is 175 g/mol. The minimum atomic E-state index is -2.89. The van der Waals surface area contributed by atoms with Crippen molar-refractivity contribution in [3.8, 4) is 0 Å². The number of nitrogens with zero attached hydrogens (tertiary/aromatic N) is 2. The Kier molecular flexibility index (Phi) is 2.07. The number of alkyl halides is 2. The van der Waals surface area contributed by atoms with E-state index in [-0.39, 0.29) is 0 Å². The number of hydrogen-bond acceptors (Lipinski definition) is 3. The van der Waals surface area contributed by atoms with Crippen molar-refractivity contribution in [1.82, 2.24) is 9.78 Å². The molecule has 0 N–H and O–H groups in total. The number of carbonyl (C=O) groups excluding carboxylic acids is 1. The molecule has 0 atom stereocenters. The smallest absolute Gasteiger partial charge is 0.282 e. The number of rotatable bonds is 2. The Hall–Kier alpha value is -1.46. The minimum absolute atomic E-state index is 0.563. The van der Waals surface area contributed by atoms with Gasteiger partial charge < -0.3 is 9.90 Å². The summed E-state index contributed by atoms with van der Waals surface area (Å²) in [5, 5.41) is 13.5. The molecule has 1 rings (SSSR count). The van der Waals surface area contributed by atoms with Gasteiger partial charge in [-0.3, -0.25) is 4.68 Å². The third-order valence-electron chi connectivity index (χ3n) is 1.28. The second-order valence-electron chi connectivity index (χ2n) is 2.19. The van der Waals surface area contributed by atoms with Gasteiger partial charge in [0.15, 0.2) is 0 Å². The second-order valence-corrected chi connectivity index (χ2v) is 2.19. The maximum Gasteiger partial charge on any atom is 0.282 e. The third kappa shape index (κ3) is 1.41. The van der Waals surface area contributed by atoms with Crippen LogP contribution < -0.4 is 5.11 Å². The zero-order chi connectivity index (χ0) is 9.30. The number of carbonyl (C=O) groups is 1. The lowest BCUT2D eigenvalue weighted by Gasteiger charge is -1.99. The first-order chi connectivity index (χ1) is 5.52. The van der Waals surface area contributed by atoms with Crippen molar-refractivity contribution in [3.05, 3.63) is 17.5 Å². The Morgan fingerprint density at radius 2 is 2.33 bits per heavy atom. The molecule has 0 spiro atoms. The molecule has 0 bridgehead atoms. The average Bonchev–Trinajstić information content (AvgIpc) is 2.31. The Bertz CT molecular complexity index is 308. The fourth-order valence-corrected chi connectivity index (χ4v) is 0.824. The highest BCUT2D eigenvalue weighted by atomic mass is 19.3. The standard InChI is InChI=1S/C6H6F2N2O2/c1-10-2-3(6(11)12)4(9-10)5(7)8/h2,5H,1H3,(H,11,12)/p-1. The van der Waals surface area contributed by atoms with E-state index in [2.05, 4.69) is 5.10 Å². The normalized spacial score (nSPS) is 10.7. The highest BCUT2D eigenvalue weighted by molar-refractivity contribution is 5.86. The summed E-state index contributed by atoms with van der Waals surface area (Å²) in [6.07, 6.45) is -1.91. The molecule has 0 fully saturated rings. The fraction of sp³-hybridized carbons (Fsp3) is 0.333. The molecule has 0 aliphatic heterocycles. The molecule has 1 heterocycles. The lowest BCUT2D eigenvalue weighted by Crippen LogP contribution is -2.23. The molecular weight excluding hydrogens is 170 g/mol. The highest BCUT2D eigenvalue weighted by Crippen LogP contribution is 2.19. The quantitative estimate of drug-likeness (QED) is 0.621. The van der Waals surface area contributed by atoms with Crippen molar-refractivity contribution in [3.63, 3.8) is 0 Å². The van der Waals surface area contributed by atoms with E-state index in [4.69, 9.17) is 0 Å². The van der Waals surface area contributed by atoms with Gasteiger partial charge in [0.2, 0.25) is 0 Å². The number of hydrogen-bond donors (Lipinski definition) is 0. The van der Waals surface area contributed by atoms with Crippen LogP contribution >= 0.6 is 0 Å². The maximum absolute atomic E-state index is 12.0. The summed E-state index contributed by atoms with van der Waals surface area (Å²) in [6, 6.07) is 0. The van der Waals surface area contributed by atoms with E-state index in [1.165, 1.54) is 7.05 Å². The number of aromatic nitrogens is 2. The predicted octanol–water partition coefficient (Wildman–Crippen LogP) is -0.279. The summed E-state index contributed by atoms with van der Waals surface area (Å²) in [4.78, 5) is 10.2. The van der Waals surface area contributed by atoms with Gasteiger partial charge in [-0.25, -0.2) is 8.78 Å². The zero-order valence-corrected chi connectivity index (χ0v) is 6.12. The van der Waals surface area contributed by atoms with Gasteiger partial charge in [0, 0.05) is 18.8 Å². The van der Waals surface area contributed by atoms with E-state index in [0.717, 1.165) is 10.9 Å². The number of aromatic carboxylic acids is 1. The monoisotopic (exact) mass is 175 g/mol. The van der Waals surface area contributed by atoms with Crippen LogP contribution in [0.2, 0.25) is 0 Å². The van der Waals surface area contributed by atoms with Crippen LogP contribution in [0.15, 0.2) is 6.20 Å². The van der Waals surface area contributed by atoms with Gasteiger partial charge in [0.1, 0.15) is 5.69 Å². The molecular formula is C6H5F2N2O2-. The Balaban J connectivity index is 3.17. The lowest BCUT2D eigenvalue weighted by molar-refractivity contribution is -0.255. The number of carboxylic acids is 1. The lowest BCUT2D eigenvalue weighted by atomic mass is 10.2. The SMILES string of the molecule is Cn1cc(C(=O)[O-])c(C(F)F)n1. The molecule has 0 saturated carbocycles.